The first-order valence-corrected chi connectivity index (χ1v) is 8.17. The Morgan fingerprint density at radius 1 is 1.22 bits per heavy atom. The van der Waals surface area contributed by atoms with E-state index in [0.29, 0.717) is 0 Å². The van der Waals surface area contributed by atoms with Gasteiger partial charge < -0.3 is 34.3 Å². The van der Waals surface area contributed by atoms with Gasteiger partial charge in [0.25, 0.3) is 10.1 Å². The fourth-order valence-corrected chi connectivity index (χ4v) is 2.69. The first kappa shape index (κ1) is 20.1. The third-order valence-corrected chi connectivity index (χ3v) is 3.83. The summed E-state index contributed by atoms with van der Waals surface area (Å²) in [5.74, 6) is -0.972. The summed E-state index contributed by atoms with van der Waals surface area (Å²) in [4.78, 5) is 0. The van der Waals surface area contributed by atoms with Crippen molar-refractivity contribution >= 4 is 10.1 Å². The molecule has 0 aromatic rings. The molecule has 134 valence electrons. The molecule has 11 heteroatoms. The zero-order valence-corrected chi connectivity index (χ0v) is 13.1. The molecular weight excluding hydrogens is 336 g/mol. The van der Waals surface area contributed by atoms with Crippen LogP contribution in [0, 0.1) is 12.5 Å². The summed E-state index contributed by atoms with van der Waals surface area (Å²) < 4.78 is 50.6. The summed E-state index contributed by atoms with van der Waals surface area (Å²) in [5, 5.41) is 29.2. The van der Waals surface area contributed by atoms with Crippen molar-refractivity contribution in [3.63, 3.8) is 0 Å². The Kier molecular flexibility index (Phi) is 7.65. The molecular formula is C12H20O10S. The molecule has 0 aromatic carbocycles. The molecule has 1 saturated heterocycles. The Morgan fingerprint density at radius 3 is 2.39 bits per heavy atom. The molecule has 4 unspecified atom stereocenters. The Hall–Kier alpha value is -0.970. The largest absolute Gasteiger partial charge is 0.439 e. The average molecular weight is 356 g/mol. The first-order valence-electron chi connectivity index (χ1n) is 6.56. The monoisotopic (exact) mass is 356 g/mol. The highest BCUT2D eigenvalue weighted by Crippen LogP contribution is 2.23. The molecule has 1 aliphatic heterocycles. The summed E-state index contributed by atoms with van der Waals surface area (Å²) in [6.07, 6.45) is -1.78. The van der Waals surface area contributed by atoms with E-state index in [1.165, 1.54) is 7.11 Å². The highest BCUT2D eigenvalue weighted by Gasteiger charge is 2.45. The number of rotatable bonds is 8. The number of aliphatic hydroxyl groups excluding tert-OH is 3. The highest BCUT2D eigenvalue weighted by atomic mass is 32.2. The molecule has 0 aromatic heterocycles. The molecule has 0 saturated carbocycles. The number of methoxy groups -OCH3 is 1. The minimum Gasteiger partial charge on any atom is -0.439 e. The highest BCUT2D eigenvalue weighted by molar-refractivity contribution is 7.85. The second-order valence-corrected chi connectivity index (χ2v) is 6.41. The van der Waals surface area contributed by atoms with Crippen LogP contribution < -0.4 is 0 Å². The lowest BCUT2D eigenvalue weighted by atomic mass is 10.00. The Labute approximate surface area is 133 Å². The maximum absolute atomic E-state index is 10.9. The van der Waals surface area contributed by atoms with E-state index < -0.39 is 52.7 Å². The second kappa shape index (κ2) is 8.76. The van der Waals surface area contributed by atoms with Crippen LogP contribution in [0.5, 0.6) is 0 Å². The van der Waals surface area contributed by atoms with Gasteiger partial charge in [-0.15, -0.1) is 0 Å². The van der Waals surface area contributed by atoms with Gasteiger partial charge in [0.05, 0.1) is 13.2 Å². The molecule has 23 heavy (non-hydrogen) atoms. The van der Waals surface area contributed by atoms with Gasteiger partial charge >= 0.3 is 0 Å². The molecule has 0 bridgehead atoms. The van der Waals surface area contributed by atoms with Crippen LogP contribution in [0.4, 0.5) is 0 Å². The van der Waals surface area contributed by atoms with Crippen LogP contribution in [0.1, 0.15) is 0 Å². The third-order valence-electron chi connectivity index (χ3n) is 3.08. The third kappa shape index (κ3) is 6.21. The van der Waals surface area contributed by atoms with Crippen LogP contribution in [0.25, 0.3) is 0 Å². The number of hydrogen-bond acceptors (Lipinski definition) is 9. The van der Waals surface area contributed by atoms with Gasteiger partial charge in [-0.2, -0.15) is 8.42 Å². The van der Waals surface area contributed by atoms with Crippen molar-refractivity contribution in [1.29, 1.82) is 0 Å². The number of terminal acetylenes is 1. The molecule has 0 aliphatic carbocycles. The molecule has 0 radical (unpaired) electrons. The Morgan fingerprint density at radius 2 is 1.87 bits per heavy atom. The molecule has 1 fully saturated rings. The standard InChI is InChI=1S/C12H20O10S/c1-3-20-7(4-19-2)5-21-12-11(15)10(14)9(13)8(22-12)6-23(16,17)18/h1,7-15H,4-6H2,2H3,(H,16,17,18)/t7?,8?,9-,10?,11?,12-/m1/s1. The van der Waals surface area contributed by atoms with E-state index in [1.807, 2.05) is 6.11 Å². The predicted molar refractivity (Wildman–Crippen MR) is 74.6 cm³/mol. The molecule has 0 spiro atoms. The van der Waals surface area contributed by atoms with Gasteiger partial charge in [-0.25, -0.2) is 0 Å². The van der Waals surface area contributed by atoms with Gasteiger partial charge in [0, 0.05) is 7.11 Å². The van der Waals surface area contributed by atoms with Crippen molar-refractivity contribution in [2.24, 2.45) is 0 Å². The summed E-state index contributed by atoms with van der Waals surface area (Å²) in [6.45, 7) is -0.117. The Balaban J connectivity index is 2.71. The van der Waals surface area contributed by atoms with Crippen LogP contribution >= 0.6 is 0 Å². The van der Waals surface area contributed by atoms with Gasteiger partial charge in [-0.05, 0) is 0 Å². The number of aliphatic hydroxyl groups is 3. The molecule has 10 nitrogen and oxygen atoms in total. The van der Waals surface area contributed by atoms with E-state index >= 15 is 0 Å². The van der Waals surface area contributed by atoms with E-state index in [4.69, 9.17) is 29.9 Å². The van der Waals surface area contributed by atoms with Crippen molar-refractivity contribution in [1.82, 2.24) is 0 Å². The zero-order valence-electron chi connectivity index (χ0n) is 12.3. The molecule has 0 amide bonds. The van der Waals surface area contributed by atoms with Crippen LogP contribution in [-0.4, -0.2) is 91.2 Å². The van der Waals surface area contributed by atoms with Crippen molar-refractivity contribution in [3.8, 4) is 12.5 Å². The van der Waals surface area contributed by atoms with Gasteiger partial charge in [0.15, 0.2) is 12.4 Å². The van der Waals surface area contributed by atoms with Crippen molar-refractivity contribution in [3.05, 3.63) is 0 Å². The average Bonchev–Trinajstić information content (AvgIpc) is 2.45. The Bertz CT molecular complexity index is 500. The van der Waals surface area contributed by atoms with Crippen molar-refractivity contribution in [2.45, 2.75) is 36.8 Å². The molecule has 1 heterocycles. The van der Waals surface area contributed by atoms with E-state index in [2.05, 4.69) is 0 Å². The fourth-order valence-electron chi connectivity index (χ4n) is 2.00. The molecule has 1 aliphatic rings. The maximum atomic E-state index is 10.9. The second-order valence-electron chi connectivity index (χ2n) is 4.91. The summed E-state index contributed by atoms with van der Waals surface area (Å²) in [6, 6.07) is 0. The van der Waals surface area contributed by atoms with Crippen LogP contribution in [0.2, 0.25) is 0 Å². The van der Waals surface area contributed by atoms with Crippen molar-refractivity contribution in [2.75, 3.05) is 26.1 Å². The van der Waals surface area contributed by atoms with Gasteiger partial charge in [0.1, 0.15) is 36.3 Å². The lowest BCUT2D eigenvalue weighted by Crippen LogP contribution is -2.60. The van der Waals surface area contributed by atoms with Crippen LogP contribution in [0.3, 0.4) is 0 Å². The summed E-state index contributed by atoms with van der Waals surface area (Å²) in [7, 11) is -3.07. The van der Waals surface area contributed by atoms with E-state index in [1.54, 1.807) is 0 Å². The maximum Gasteiger partial charge on any atom is 0.267 e. The zero-order chi connectivity index (χ0) is 17.6. The van der Waals surface area contributed by atoms with Gasteiger partial charge in [-0.1, -0.05) is 6.42 Å². The van der Waals surface area contributed by atoms with E-state index in [9.17, 15) is 23.7 Å². The predicted octanol–water partition coefficient (Wildman–Crippen LogP) is -2.68. The quantitative estimate of drug-likeness (QED) is 0.267. The molecule has 4 N–H and O–H groups in total. The lowest BCUT2D eigenvalue weighted by molar-refractivity contribution is -0.296. The first-order chi connectivity index (χ1) is 10.7. The van der Waals surface area contributed by atoms with Crippen LogP contribution in [0.15, 0.2) is 0 Å². The summed E-state index contributed by atoms with van der Waals surface area (Å²) >= 11 is 0. The topological polar surface area (TPSA) is 152 Å². The van der Waals surface area contributed by atoms with Crippen molar-refractivity contribution < 1.29 is 47.2 Å². The van der Waals surface area contributed by atoms with Crippen LogP contribution in [-0.2, 0) is 29.1 Å². The number of ether oxygens (including phenoxy) is 4. The van der Waals surface area contributed by atoms with Gasteiger partial charge in [0.2, 0.25) is 0 Å². The molecule has 6 atom stereocenters. The number of hydrogen-bond donors (Lipinski definition) is 4. The molecule has 1 rings (SSSR count). The smallest absolute Gasteiger partial charge is 0.267 e. The minimum absolute atomic E-state index is 0.0760. The van der Waals surface area contributed by atoms with E-state index in [0.717, 1.165) is 0 Å². The van der Waals surface area contributed by atoms with Gasteiger partial charge in [-0.3, -0.25) is 4.55 Å². The van der Waals surface area contributed by atoms with E-state index in [-0.39, 0.29) is 13.2 Å². The SMILES string of the molecule is C#COC(COC)CO[C@@H]1OC(CS(=O)(=O)O)[C@@H](O)C(O)C1O. The lowest BCUT2D eigenvalue weighted by Gasteiger charge is -2.40. The normalized spacial score (nSPS) is 33.0. The minimum atomic E-state index is -4.47. The fraction of sp³-hybridized carbons (Fsp3) is 0.833. The summed E-state index contributed by atoms with van der Waals surface area (Å²) in [5.41, 5.74) is 0.